The first-order chi connectivity index (χ1) is 12.6. The molecule has 0 amide bonds. The third-order valence-corrected chi connectivity index (χ3v) is 4.99. The maximum absolute atomic E-state index is 12.0. The van der Waals surface area contributed by atoms with Crippen molar-refractivity contribution in [2.75, 3.05) is 18.9 Å². The summed E-state index contributed by atoms with van der Waals surface area (Å²) in [5.74, 6) is 0.561. The van der Waals surface area contributed by atoms with Crippen LogP contribution in [0, 0.1) is 0 Å². The molecule has 0 radical (unpaired) electrons. The SMILES string of the molecule is O=S(=O)(CCOc1ccccc1)NCCn1ccc(-c2ccncc2)n1. The first kappa shape index (κ1) is 18.1. The van der Waals surface area contributed by atoms with E-state index < -0.39 is 10.0 Å². The van der Waals surface area contributed by atoms with E-state index in [9.17, 15) is 8.42 Å². The van der Waals surface area contributed by atoms with Gasteiger partial charge in [0.15, 0.2) is 0 Å². The molecule has 3 rings (SSSR count). The summed E-state index contributed by atoms with van der Waals surface area (Å²) in [4.78, 5) is 3.98. The Labute approximate surface area is 152 Å². The van der Waals surface area contributed by atoms with E-state index in [2.05, 4.69) is 14.8 Å². The lowest BCUT2D eigenvalue weighted by Gasteiger charge is -2.08. The van der Waals surface area contributed by atoms with Crippen LogP contribution in [0.2, 0.25) is 0 Å². The van der Waals surface area contributed by atoms with Gasteiger partial charge in [0.1, 0.15) is 12.4 Å². The van der Waals surface area contributed by atoms with E-state index in [1.807, 2.05) is 42.6 Å². The number of pyridine rings is 1. The number of para-hydroxylation sites is 1. The van der Waals surface area contributed by atoms with Gasteiger partial charge in [-0.2, -0.15) is 5.10 Å². The smallest absolute Gasteiger partial charge is 0.215 e. The van der Waals surface area contributed by atoms with Crippen molar-refractivity contribution < 1.29 is 13.2 Å². The monoisotopic (exact) mass is 372 g/mol. The summed E-state index contributed by atoms with van der Waals surface area (Å²) in [7, 11) is -3.39. The maximum atomic E-state index is 12.0. The molecule has 2 heterocycles. The van der Waals surface area contributed by atoms with Crippen LogP contribution >= 0.6 is 0 Å². The van der Waals surface area contributed by atoms with Gasteiger partial charge in [-0.3, -0.25) is 9.67 Å². The molecule has 0 aliphatic heterocycles. The molecule has 0 bridgehead atoms. The van der Waals surface area contributed by atoms with Crippen molar-refractivity contribution in [3.8, 4) is 17.0 Å². The van der Waals surface area contributed by atoms with Gasteiger partial charge in [0, 0.05) is 30.7 Å². The van der Waals surface area contributed by atoms with Crippen molar-refractivity contribution in [1.82, 2.24) is 19.5 Å². The third kappa shape index (κ3) is 5.40. The predicted molar refractivity (Wildman–Crippen MR) is 99.2 cm³/mol. The van der Waals surface area contributed by atoms with E-state index >= 15 is 0 Å². The van der Waals surface area contributed by atoms with Crippen LogP contribution in [-0.4, -0.2) is 42.1 Å². The summed E-state index contributed by atoms with van der Waals surface area (Å²) in [5.41, 5.74) is 1.80. The molecular formula is C18H20N4O3S. The number of nitrogens with zero attached hydrogens (tertiary/aromatic N) is 3. The maximum Gasteiger partial charge on any atom is 0.215 e. The van der Waals surface area contributed by atoms with Crippen molar-refractivity contribution in [2.24, 2.45) is 0 Å². The highest BCUT2D eigenvalue weighted by Gasteiger charge is 2.10. The first-order valence-electron chi connectivity index (χ1n) is 8.21. The summed E-state index contributed by atoms with van der Waals surface area (Å²) in [6, 6.07) is 14.8. The number of nitrogens with one attached hydrogen (secondary N) is 1. The van der Waals surface area contributed by atoms with Gasteiger partial charge >= 0.3 is 0 Å². The van der Waals surface area contributed by atoms with Crippen LogP contribution in [0.1, 0.15) is 0 Å². The average Bonchev–Trinajstić information content (AvgIpc) is 3.12. The Hall–Kier alpha value is -2.71. The van der Waals surface area contributed by atoms with Crippen molar-refractivity contribution in [3.63, 3.8) is 0 Å². The number of hydrogen-bond acceptors (Lipinski definition) is 5. The van der Waals surface area contributed by atoms with Crippen LogP contribution < -0.4 is 9.46 Å². The molecule has 8 heteroatoms. The standard InChI is InChI=1S/C18H20N4O3S/c23-26(24,15-14-25-17-4-2-1-3-5-17)20-11-13-22-12-8-18(21-22)16-6-9-19-10-7-16/h1-10,12,20H,11,13-15H2. The second kappa shape index (κ2) is 8.59. The van der Waals surface area contributed by atoms with E-state index in [4.69, 9.17) is 4.74 Å². The first-order valence-corrected chi connectivity index (χ1v) is 9.87. The molecule has 0 unspecified atom stereocenters. The number of ether oxygens (including phenoxy) is 1. The number of sulfonamides is 1. The minimum Gasteiger partial charge on any atom is -0.492 e. The van der Waals surface area contributed by atoms with Crippen LogP contribution in [0.25, 0.3) is 11.3 Å². The Morgan fingerprint density at radius 3 is 2.58 bits per heavy atom. The minimum absolute atomic E-state index is 0.0940. The van der Waals surface area contributed by atoms with Gasteiger partial charge in [-0.25, -0.2) is 13.1 Å². The van der Waals surface area contributed by atoms with E-state index in [0.717, 1.165) is 11.3 Å². The number of hydrogen-bond donors (Lipinski definition) is 1. The zero-order valence-corrected chi connectivity index (χ0v) is 15.0. The Morgan fingerprint density at radius 2 is 1.81 bits per heavy atom. The fourth-order valence-electron chi connectivity index (χ4n) is 2.34. The molecule has 0 saturated carbocycles. The molecule has 26 heavy (non-hydrogen) atoms. The van der Waals surface area contributed by atoms with Gasteiger partial charge in [0.2, 0.25) is 10.0 Å². The summed E-state index contributed by atoms with van der Waals surface area (Å²) in [6.07, 6.45) is 5.24. The zero-order valence-electron chi connectivity index (χ0n) is 14.2. The van der Waals surface area contributed by atoms with Crippen molar-refractivity contribution >= 4 is 10.0 Å². The Kier molecular flexibility index (Phi) is 5.98. The van der Waals surface area contributed by atoms with Crippen LogP contribution in [0.3, 0.4) is 0 Å². The fraction of sp³-hybridized carbons (Fsp3) is 0.222. The number of aromatic nitrogens is 3. The Morgan fingerprint density at radius 1 is 1.04 bits per heavy atom. The van der Waals surface area contributed by atoms with Gasteiger partial charge in [0.25, 0.3) is 0 Å². The molecule has 0 spiro atoms. The number of benzene rings is 1. The van der Waals surface area contributed by atoms with Crippen molar-refractivity contribution in [1.29, 1.82) is 0 Å². The highest BCUT2D eigenvalue weighted by Crippen LogP contribution is 2.14. The molecule has 3 aromatic rings. The van der Waals surface area contributed by atoms with Crippen LogP contribution in [0.5, 0.6) is 5.75 Å². The van der Waals surface area contributed by atoms with Gasteiger partial charge in [-0.05, 0) is 30.3 Å². The molecule has 0 atom stereocenters. The van der Waals surface area contributed by atoms with E-state index in [0.29, 0.717) is 12.3 Å². The molecule has 1 N–H and O–H groups in total. The second-order valence-electron chi connectivity index (χ2n) is 5.57. The summed E-state index contributed by atoms with van der Waals surface area (Å²) in [5, 5.41) is 4.43. The van der Waals surface area contributed by atoms with E-state index in [1.165, 1.54) is 0 Å². The minimum atomic E-state index is -3.39. The van der Waals surface area contributed by atoms with Crippen LogP contribution in [0.4, 0.5) is 0 Å². The van der Waals surface area contributed by atoms with Gasteiger partial charge in [0.05, 0.1) is 18.0 Å². The highest BCUT2D eigenvalue weighted by atomic mass is 32.2. The fourth-order valence-corrected chi connectivity index (χ4v) is 3.19. The zero-order chi connectivity index (χ0) is 18.2. The summed E-state index contributed by atoms with van der Waals surface area (Å²) >= 11 is 0. The largest absolute Gasteiger partial charge is 0.492 e. The molecule has 1 aromatic carbocycles. The predicted octanol–water partition coefficient (Wildman–Crippen LogP) is 1.94. The van der Waals surface area contributed by atoms with Gasteiger partial charge in [-0.15, -0.1) is 0 Å². The van der Waals surface area contributed by atoms with E-state index in [-0.39, 0.29) is 18.9 Å². The van der Waals surface area contributed by atoms with Crippen LogP contribution in [-0.2, 0) is 16.6 Å². The topological polar surface area (TPSA) is 86.1 Å². The molecule has 0 aliphatic carbocycles. The lowest BCUT2D eigenvalue weighted by atomic mass is 10.2. The quantitative estimate of drug-likeness (QED) is 0.620. The molecule has 7 nitrogen and oxygen atoms in total. The molecule has 0 fully saturated rings. The van der Waals surface area contributed by atoms with E-state index in [1.54, 1.807) is 29.2 Å². The summed E-state index contributed by atoms with van der Waals surface area (Å²) in [6.45, 7) is 0.822. The van der Waals surface area contributed by atoms with Crippen molar-refractivity contribution in [2.45, 2.75) is 6.54 Å². The van der Waals surface area contributed by atoms with Crippen molar-refractivity contribution in [3.05, 3.63) is 67.1 Å². The average molecular weight is 372 g/mol. The van der Waals surface area contributed by atoms with Gasteiger partial charge < -0.3 is 4.74 Å². The second-order valence-corrected chi connectivity index (χ2v) is 7.50. The highest BCUT2D eigenvalue weighted by molar-refractivity contribution is 7.89. The molecule has 0 aliphatic rings. The summed E-state index contributed by atoms with van der Waals surface area (Å²) < 4.78 is 33.7. The van der Waals surface area contributed by atoms with Gasteiger partial charge in [-0.1, -0.05) is 18.2 Å². The lowest BCUT2D eigenvalue weighted by Crippen LogP contribution is -2.31. The normalized spacial score (nSPS) is 11.4. The van der Waals surface area contributed by atoms with Crippen LogP contribution in [0.15, 0.2) is 67.1 Å². The number of rotatable bonds is 9. The third-order valence-electron chi connectivity index (χ3n) is 3.64. The molecule has 136 valence electrons. The lowest BCUT2D eigenvalue weighted by molar-refractivity contribution is 0.340. The Bertz CT molecular complexity index is 912. The Balaban J connectivity index is 1.43. The molecular weight excluding hydrogens is 352 g/mol. The molecule has 0 saturated heterocycles. The molecule has 2 aromatic heterocycles.